The lowest BCUT2D eigenvalue weighted by Gasteiger charge is -2.18. The van der Waals surface area contributed by atoms with Crippen LogP contribution < -0.4 is 0 Å². The van der Waals surface area contributed by atoms with Crippen molar-refractivity contribution in [3.8, 4) is 0 Å². The average Bonchev–Trinajstić information content (AvgIpc) is 3.20. The van der Waals surface area contributed by atoms with Gasteiger partial charge in [-0.2, -0.15) is 0 Å². The van der Waals surface area contributed by atoms with E-state index in [1.54, 1.807) is 0 Å². The lowest BCUT2D eigenvalue weighted by Crippen LogP contribution is -2.15. The Morgan fingerprint density at radius 2 is 1.83 bits per heavy atom. The smallest absolute Gasteiger partial charge is 0.310 e. The molecular formula is C19H25ClO2S. The van der Waals surface area contributed by atoms with Gasteiger partial charge in [-0.25, -0.2) is 0 Å². The third-order valence-electron chi connectivity index (χ3n) is 5.30. The summed E-state index contributed by atoms with van der Waals surface area (Å²) in [5.41, 5.74) is 0.866. The first-order valence-electron chi connectivity index (χ1n) is 8.82. The molecule has 2 aliphatic rings. The first-order valence-corrected chi connectivity index (χ1v) is 10.1. The third-order valence-corrected chi connectivity index (χ3v) is 7.14. The van der Waals surface area contributed by atoms with Gasteiger partial charge in [-0.15, -0.1) is 11.8 Å². The largest absolute Gasteiger partial charge is 0.481 e. The average molecular weight is 353 g/mol. The van der Waals surface area contributed by atoms with Crippen LogP contribution in [0.5, 0.6) is 0 Å². The number of carbonyl (C=O) groups is 1. The summed E-state index contributed by atoms with van der Waals surface area (Å²) in [5.74, 6) is -0.576. The number of hydrogen-bond donors (Lipinski definition) is 1. The molecule has 1 atom stereocenters. The van der Waals surface area contributed by atoms with Crippen molar-refractivity contribution in [1.82, 2.24) is 0 Å². The maximum Gasteiger partial charge on any atom is 0.310 e. The van der Waals surface area contributed by atoms with E-state index in [0.717, 1.165) is 21.9 Å². The zero-order valence-corrected chi connectivity index (χ0v) is 15.0. The molecule has 0 saturated heterocycles. The molecular weight excluding hydrogens is 328 g/mol. The van der Waals surface area contributed by atoms with Crippen LogP contribution in [0.4, 0.5) is 0 Å². The standard InChI is InChI=1S/C19H25ClO2S/c20-17-12-14(9-10-18(17)23-15-7-3-4-8-15)16(19(21)22)11-13-5-1-2-6-13/h9-10,12-13,15-16H,1-8,11H2,(H,21,22). The van der Waals surface area contributed by atoms with Gasteiger partial charge >= 0.3 is 5.97 Å². The van der Waals surface area contributed by atoms with E-state index >= 15 is 0 Å². The molecule has 1 aromatic rings. The molecule has 3 rings (SSSR count). The fraction of sp³-hybridized carbons (Fsp3) is 0.632. The minimum Gasteiger partial charge on any atom is -0.481 e. The zero-order valence-electron chi connectivity index (χ0n) is 13.5. The van der Waals surface area contributed by atoms with E-state index in [1.165, 1.54) is 51.4 Å². The second kappa shape index (κ2) is 7.94. The highest BCUT2D eigenvalue weighted by Gasteiger charge is 2.27. The van der Waals surface area contributed by atoms with E-state index < -0.39 is 11.9 Å². The maximum atomic E-state index is 11.7. The molecule has 0 bridgehead atoms. The van der Waals surface area contributed by atoms with Crippen LogP contribution in [0.15, 0.2) is 23.1 Å². The Morgan fingerprint density at radius 3 is 2.43 bits per heavy atom. The van der Waals surface area contributed by atoms with Crippen LogP contribution in [-0.2, 0) is 4.79 Å². The van der Waals surface area contributed by atoms with E-state index in [2.05, 4.69) is 0 Å². The van der Waals surface area contributed by atoms with Crippen LogP contribution in [0.3, 0.4) is 0 Å². The molecule has 1 aromatic carbocycles. The van der Waals surface area contributed by atoms with Crippen LogP contribution in [0.1, 0.15) is 69.3 Å². The highest BCUT2D eigenvalue weighted by Crippen LogP contribution is 2.40. The number of carboxylic acids is 1. The Morgan fingerprint density at radius 1 is 1.17 bits per heavy atom. The quantitative estimate of drug-likeness (QED) is 0.669. The molecule has 0 aliphatic heterocycles. The number of benzene rings is 1. The van der Waals surface area contributed by atoms with Gasteiger partial charge in [-0.05, 0) is 42.9 Å². The summed E-state index contributed by atoms with van der Waals surface area (Å²) in [4.78, 5) is 12.8. The molecule has 2 nitrogen and oxygen atoms in total. The normalized spacial score (nSPS) is 20.9. The van der Waals surface area contributed by atoms with Gasteiger partial charge in [0.2, 0.25) is 0 Å². The van der Waals surface area contributed by atoms with Gasteiger partial charge in [0.05, 0.1) is 10.9 Å². The second-order valence-electron chi connectivity index (χ2n) is 6.99. The van der Waals surface area contributed by atoms with Crippen molar-refractivity contribution in [3.05, 3.63) is 28.8 Å². The van der Waals surface area contributed by atoms with Crippen LogP contribution in [-0.4, -0.2) is 16.3 Å². The van der Waals surface area contributed by atoms with Crippen molar-refractivity contribution in [2.75, 3.05) is 0 Å². The predicted molar refractivity (Wildman–Crippen MR) is 96.5 cm³/mol. The number of halogens is 1. The molecule has 4 heteroatoms. The van der Waals surface area contributed by atoms with Crippen molar-refractivity contribution in [1.29, 1.82) is 0 Å². The molecule has 0 amide bonds. The van der Waals surface area contributed by atoms with Gasteiger partial charge in [-0.1, -0.05) is 56.2 Å². The summed E-state index contributed by atoms with van der Waals surface area (Å²) in [6, 6.07) is 5.91. The third kappa shape index (κ3) is 4.45. The highest BCUT2D eigenvalue weighted by atomic mass is 35.5. The fourth-order valence-corrected chi connectivity index (χ4v) is 5.54. The number of hydrogen-bond acceptors (Lipinski definition) is 2. The van der Waals surface area contributed by atoms with Crippen molar-refractivity contribution in [2.24, 2.45) is 5.92 Å². The van der Waals surface area contributed by atoms with Gasteiger partial charge in [0, 0.05) is 10.1 Å². The summed E-state index contributed by atoms with van der Waals surface area (Å²) in [7, 11) is 0. The topological polar surface area (TPSA) is 37.3 Å². The molecule has 2 saturated carbocycles. The highest BCUT2D eigenvalue weighted by molar-refractivity contribution is 8.00. The Kier molecular flexibility index (Phi) is 5.92. The molecule has 2 fully saturated rings. The van der Waals surface area contributed by atoms with E-state index in [0.29, 0.717) is 11.2 Å². The van der Waals surface area contributed by atoms with Gasteiger partial charge in [0.15, 0.2) is 0 Å². The second-order valence-corrected chi connectivity index (χ2v) is 8.74. The zero-order chi connectivity index (χ0) is 16.2. The first kappa shape index (κ1) is 17.2. The molecule has 1 unspecified atom stereocenters. The van der Waals surface area contributed by atoms with E-state index in [4.69, 9.17) is 11.6 Å². The molecule has 0 aromatic heterocycles. The van der Waals surface area contributed by atoms with Crippen molar-refractivity contribution < 1.29 is 9.90 Å². The van der Waals surface area contributed by atoms with E-state index in [-0.39, 0.29) is 0 Å². The number of aliphatic carboxylic acids is 1. The van der Waals surface area contributed by atoms with Gasteiger partial charge < -0.3 is 5.11 Å². The molecule has 2 aliphatic carbocycles. The predicted octanol–water partition coefficient (Wildman–Crippen LogP) is 6.12. The monoisotopic (exact) mass is 352 g/mol. The van der Waals surface area contributed by atoms with Crippen LogP contribution >= 0.6 is 23.4 Å². The summed E-state index contributed by atoms with van der Waals surface area (Å²) in [6.07, 6.45) is 10.8. The summed E-state index contributed by atoms with van der Waals surface area (Å²) < 4.78 is 0. The van der Waals surface area contributed by atoms with Gasteiger partial charge in [-0.3, -0.25) is 4.79 Å². The van der Waals surface area contributed by atoms with Crippen LogP contribution in [0, 0.1) is 5.92 Å². The van der Waals surface area contributed by atoms with E-state index in [9.17, 15) is 9.90 Å². The minimum atomic E-state index is -0.718. The van der Waals surface area contributed by atoms with E-state index in [1.807, 2.05) is 30.0 Å². The lowest BCUT2D eigenvalue weighted by atomic mass is 9.88. The lowest BCUT2D eigenvalue weighted by molar-refractivity contribution is -0.139. The van der Waals surface area contributed by atoms with Crippen LogP contribution in [0.25, 0.3) is 0 Å². The first-order chi connectivity index (χ1) is 11.1. The SMILES string of the molecule is O=C(O)C(CC1CCCC1)c1ccc(SC2CCCC2)c(Cl)c1. The Hall–Kier alpha value is -0.670. The Labute approximate surface area is 148 Å². The summed E-state index contributed by atoms with van der Waals surface area (Å²) >= 11 is 8.32. The van der Waals surface area contributed by atoms with Crippen molar-refractivity contribution in [3.63, 3.8) is 0 Å². The fourth-order valence-electron chi connectivity index (χ4n) is 3.97. The van der Waals surface area contributed by atoms with Gasteiger partial charge in [0.1, 0.15) is 0 Å². The summed E-state index contributed by atoms with van der Waals surface area (Å²) in [6.45, 7) is 0. The molecule has 0 radical (unpaired) electrons. The van der Waals surface area contributed by atoms with Gasteiger partial charge in [0.25, 0.3) is 0 Å². The minimum absolute atomic E-state index is 0.416. The summed E-state index contributed by atoms with van der Waals surface area (Å²) in [5, 5.41) is 11.0. The number of carboxylic acid groups (broad SMARTS) is 1. The molecule has 0 heterocycles. The maximum absolute atomic E-state index is 11.7. The molecule has 1 N–H and O–H groups in total. The Balaban J connectivity index is 1.71. The number of thioether (sulfide) groups is 1. The molecule has 0 spiro atoms. The van der Waals surface area contributed by atoms with Crippen molar-refractivity contribution in [2.45, 2.75) is 73.9 Å². The van der Waals surface area contributed by atoms with Crippen LogP contribution in [0.2, 0.25) is 5.02 Å². The molecule has 126 valence electrons. The Bertz CT molecular complexity index is 548. The molecule has 23 heavy (non-hydrogen) atoms. The number of rotatable bonds is 6. The van der Waals surface area contributed by atoms with Crippen molar-refractivity contribution >= 4 is 29.3 Å².